The van der Waals surface area contributed by atoms with Gasteiger partial charge in [0, 0.05) is 18.3 Å². The van der Waals surface area contributed by atoms with Gasteiger partial charge in [-0.15, -0.1) is 0 Å². The number of carbonyl (C=O) groups is 6. The lowest BCUT2D eigenvalue weighted by molar-refractivity contribution is -0.148. The number of aliphatic hydroxyl groups excluding tert-OH is 1. The second-order valence-corrected chi connectivity index (χ2v) is 6.79. The zero-order valence-electron chi connectivity index (χ0n) is 17.1. The van der Waals surface area contributed by atoms with E-state index in [1.54, 1.807) is 0 Å². The Morgan fingerprint density at radius 3 is 1.88 bits per heavy atom. The van der Waals surface area contributed by atoms with Crippen molar-refractivity contribution in [2.45, 2.75) is 43.4 Å². The largest absolute Gasteiger partial charge is 0.481 e. The Labute approximate surface area is 185 Å². The summed E-state index contributed by atoms with van der Waals surface area (Å²) in [6.45, 7) is -0.728. The first-order valence-corrected chi connectivity index (χ1v) is 9.35. The van der Waals surface area contributed by atoms with Crippen molar-refractivity contribution < 1.29 is 49.2 Å². The number of hydrogen-bond acceptors (Lipinski definition) is 9. The summed E-state index contributed by atoms with van der Waals surface area (Å²) in [5.74, 6) is -7.97. The Morgan fingerprint density at radius 1 is 0.879 bits per heavy atom. The van der Waals surface area contributed by atoms with E-state index < -0.39 is 79.2 Å². The maximum Gasteiger partial charge on any atom is 0.326 e. The van der Waals surface area contributed by atoms with Gasteiger partial charge in [0.1, 0.15) is 24.2 Å². The van der Waals surface area contributed by atoms with E-state index >= 15 is 0 Å². The van der Waals surface area contributed by atoms with Crippen LogP contribution in [0.15, 0.2) is 12.5 Å². The highest BCUT2D eigenvalue weighted by Gasteiger charge is 2.32. The number of imidazole rings is 1. The number of nitrogens with one attached hydrogen (secondary N) is 4. The number of aliphatic hydroxyl groups is 1. The summed E-state index contributed by atoms with van der Waals surface area (Å²) in [7, 11) is 0. The molecule has 1 aromatic heterocycles. The van der Waals surface area contributed by atoms with Gasteiger partial charge in [-0.2, -0.15) is 0 Å². The number of nitrogens with two attached hydrogens (primary N) is 1. The van der Waals surface area contributed by atoms with E-state index in [9.17, 15) is 28.8 Å². The fraction of sp³-hybridized carbons (Fsp3) is 0.471. The quantitative estimate of drug-likeness (QED) is 0.124. The molecule has 0 saturated carbocycles. The Bertz CT molecular complexity index is 874. The Balaban J connectivity index is 3.05. The molecule has 0 radical (unpaired) electrons. The number of amides is 3. The Morgan fingerprint density at radius 2 is 1.39 bits per heavy atom. The van der Waals surface area contributed by atoms with Crippen LogP contribution in [0.2, 0.25) is 0 Å². The molecule has 4 unspecified atom stereocenters. The lowest BCUT2D eigenvalue weighted by Gasteiger charge is -2.24. The molecule has 0 aliphatic heterocycles. The molecule has 182 valence electrons. The number of nitrogens with zero attached hydrogens (tertiary/aromatic N) is 1. The van der Waals surface area contributed by atoms with Gasteiger partial charge in [0.25, 0.3) is 0 Å². The number of aromatic nitrogens is 2. The van der Waals surface area contributed by atoms with E-state index in [4.69, 9.17) is 26.2 Å². The lowest BCUT2D eigenvalue weighted by Crippen LogP contribution is -2.58. The average molecular weight is 472 g/mol. The molecule has 0 spiro atoms. The van der Waals surface area contributed by atoms with Crippen molar-refractivity contribution in [2.24, 2.45) is 5.73 Å². The maximum absolute atomic E-state index is 12.8. The smallest absolute Gasteiger partial charge is 0.326 e. The van der Waals surface area contributed by atoms with Crippen LogP contribution in [0.1, 0.15) is 18.5 Å². The van der Waals surface area contributed by atoms with Crippen molar-refractivity contribution in [1.82, 2.24) is 25.9 Å². The molecule has 1 rings (SSSR count). The number of H-pyrrole nitrogens is 1. The molecule has 0 aromatic carbocycles. The molecule has 16 heteroatoms. The molecule has 0 bridgehead atoms. The van der Waals surface area contributed by atoms with E-state index in [1.807, 2.05) is 5.32 Å². The summed E-state index contributed by atoms with van der Waals surface area (Å²) < 4.78 is 0. The summed E-state index contributed by atoms with van der Waals surface area (Å²) in [5, 5.41) is 42.1. The Kier molecular flexibility index (Phi) is 10.4. The highest BCUT2D eigenvalue weighted by molar-refractivity contribution is 5.96. The third kappa shape index (κ3) is 9.32. The summed E-state index contributed by atoms with van der Waals surface area (Å²) in [6, 6.07) is -6.45. The first-order chi connectivity index (χ1) is 15.4. The minimum Gasteiger partial charge on any atom is -0.481 e. The van der Waals surface area contributed by atoms with Crippen molar-refractivity contribution in [1.29, 1.82) is 0 Å². The molecule has 10 N–H and O–H groups in total. The normalized spacial score (nSPS) is 14.2. The van der Waals surface area contributed by atoms with Crippen molar-refractivity contribution >= 4 is 35.6 Å². The second-order valence-electron chi connectivity index (χ2n) is 6.79. The summed E-state index contributed by atoms with van der Waals surface area (Å²) in [4.78, 5) is 76.8. The number of carboxylic acid groups (broad SMARTS) is 3. The van der Waals surface area contributed by atoms with E-state index in [2.05, 4.69) is 20.6 Å². The molecule has 0 fully saturated rings. The van der Waals surface area contributed by atoms with Crippen molar-refractivity contribution in [3.63, 3.8) is 0 Å². The number of aliphatic carboxylic acids is 3. The average Bonchev–Trinajstić information content (AvgIpc) is 3.23. The number of hydrogen-bond donors (Lipinski definition) is 9. The fourth-order valence-electron chi connectivity index (χ4n) is 2.49. The van der Waals surface area contributed by atoms with Crippen LogP contribution in [0.5, 0.6) is 0 Å². The molecule has 4 atom stereocenters. The molecular formula is C17H24N6O10. The highest BCUT2D eigenvalue weighted by Crippen LogP contribution is 2.03. The van der Waals surface area contributed by atoms with Crippen molar-refractivity contribution in [2.75, 3.05) is 6.61 Å². The zero-order chi connectivity index (χ0) is 25.1. The fourth-order valence-corrected chi connectivity index (χ4v) is 2.49. The third-order valence-electron chi connectivity index (χ3n) is 4.15. The summed E-state index contributed by atoms with van der Waals surface area (Å²) in [6.07, 6.45) is 0.474. The maximum atomic E-state index is 12.8. The van der Waals surface area contributed by atoms with Crippen LogP contribution in [-0.2, 0) is 35.2 Å². The van der Waals surface area contributed by atoms with Crippen LogP contribution in [0.25, 0.3) is 0 Å². The van der Waals surface area contributed by atoms with Gasteiger partial charge in [-0.05, 0) is 0 Å². The molecule has 16 nitrogen and oxygen atoms in total. The monoisotopic (exact) mass is 472 g/mol. The highest BCUT2D eigenvalue weighted by atomic mass is 16.4. The molecule has 3 amide bonds. The van der Waals surface area contributed by atoms with E-state index in [0.717, 1.165) is 0 Å². The van der Waals surface area contributed by atoms with Crippen LogP contribution < -0.4 is 21.7 Å². The van der Waals surface area contributed by atoms with Gasteiger partial charge in [0.2, 0.25) is 17.7 Å². The number of carboxylic acids is 3. The molecule has 1 heterocycles. The number of aromatic amines is 1. The van der Waals surface area contributed by atoms with Gasteiger partial charge in [-0.3, -0.25) is 24.0 Å². The first kappa shape index (κ1) is 27.0. The topological polar surface area (TPSA) is 274 Å². The molecule has 0 aliphatic rings. The van der Waals surface area contributed by atoms with Gasteiger partial charge >= 0.3 is 17.9 Å². The summed E-state index contributed by atoms with van der Waals surface area (Å²) >= 11 is 0. The molecule has 33 heavy (non-hydrogen) atoms. The van der Waals surface area contributed by atoms with Crippen LogP contribution in [0.4, 0.5) is 0 Å². The van der Waals surface area contributed by atoms with E-state index in [1.165, 1.54) is 12.5 Å². The minimum atomic E-state index is -1.88. The zero-order valence-corrected chi connectivity index (χ0v) is 17.1. The Hall–Kier alpha value is -4.05. The SMILES string of the molecule is NC(CO)C(=O)NC(Cc1cnc[nH]1)C(=O)NC(CC(=O)O)C(=O)NC(CC(=O)O)C(=O)O. The van der Waals surface area contributed by atoms with E-state index in [-0.39, 0.29) is 6.42 Å². The molecule has 0 saturated heterocycles. The predicted octanol–water partition coefficient (Wildman–Crippen LogP) is -4.24. The van der Waals surface area contributed by atoms with Gasteiger partial charge < -0.3 is 47.1 Å². The molecule has 0 aliphatic carbocycles. The van der Waals surface area contributed by atoms with E-state index in [0.29, 0.717) is 5.69 Å². The van der Waals surface area contributed by atoms with Crippen molar-refractivity contribution in [3.05, 3.63) is 18.2 Å². The number of rotatable bonds is 14. The second kappa shape index (κ2) is 12.7. The summed E-state index contributed by atoms with van der Waals surface area (Å²) in [5.41, 5.74) is 5.79. The predicted molar refractivity (Wildman–Crippen MR) is 105 cm³/mol. The standard InChI is InChI=1S/C17H24N6O10/c18-8(5-24)14(29)21-9(1-7-4-19-6-20-7)15(30)22-10(2-12(25)26)16(31)23-11(17(32)33)3-13(27)28/h4,6,8-11,24H,1-3,5,18H2,(H,19,20)(H,21,29)(H,22,30)(H,23,31)(H,25,26)(H,27,28)(H,32,33). The number of carbonyl (C=O) groups excluding carboxylic acids is 3. The van der Waals surface area contributed by atoms with Crippen LogP contribution in [0, 0.1) is 0 Å². The van der Waals surface area contributed by atoms with Crippen LogP contribution >= 0.6 is 0 Å². The van der Waals surface area contributed by atoms with Gasteiger partial charge in [-0.1, -0.05) is 0 Å². The minimum absolute atomic E-state index is 0.187. The van der Waals surface area contributed by atoms with Crippen molar-refractivity contribution in [3.8, 4) is 0 Å². The van der Waals surface area contributed by atoms with Crippen LogP contribution in [0.3, 0.4) is 0 Å². The lowest BCUT2D eigenvalue weighted by atomic mass is 10.1. The third-order valence-corrected chi connectivity index (χ3v) is 4.15. The van der Waals surface area contributed by atoms with Gasteiger partial charge in [0.15, 0.2) is 0 Å². The first-order valence-electron chi connectivity index (χ1n) is 9.35. The van der Waals surface area contributed by atoms with Gasteiger partial charge in [0.05, 0.1) is 25.8 Å². The van der Waals surface area contributed by atoms with Crippen LogP contribution in [-0.4, -0.2) is 96.8 Å². The molecule has 1 aromatic rings. The van der Waals surface area contributed by atoms with Gasteiger partial charge in [-0.25, -0.2) is 9.78 Å². The molecular weight excluding hydrogens is 448 g/mol.